The summed E-state index contributed by atoms with van der Waals surface area (Å²) in [6.07, 6.45) is -0.404. The van der Waals surface area contributed by atoms with Crippen molar-refractivity contribution in [3.63, 3.8) is 0 Å². The van der Waals surface area contributed by atoms with Gasteiger partial charge in [-0.05, 0) is 48.9 Å². The number of ketones is 1. The molecule has 0 spiro atoms. The lowest BCUT2D eigenvalue weighted by Gasteiger charge is -2.25. The number of hydrogen-bond donors (Lipinski definition) is 1. The van der Waals surface area contributed by atoms with E-state index in [2.05, 4.69) is 20.8 Å². The van der Waals surface area contributed by atoms with E-state index >= 15 is 0 Å². The molecular formula is C26H31NO5. The molecule has 2 aromatic rings. The summed E-state index contributed by atoms with van der Waals surface area (Å²) < 4.78 is 4.97. The first-order valence-corrected chi connectivity index (χ1v) is 10.8. The highest BCUT2D eigenvalue weighted by Gasteiger charge is 2.51. The summed E-state index contributed by atoms with van der Waals surface area (Å²) in [6, 6.07) is 10.7. The number of fused-ring (bicyclic) bond motifs is 1. The monoisotopic (exact) mass is 437 g/mol. The van der Waals surface area contributed by atoms with Crippen LogP contribution in [0.1, 0.15) is 66.7 Å². The third-order valence-electron chi connectivity index (χ3n) is 5.93. The molecule has 170 valence electrons. The van der Waals surface area contributed by atoms with E-state index in [0.29, 0.717) is 16.8 Å². The van der Waals surface area contributed by atoms with Crippen LogP contribution >= 0.6 is 0 Å². The number of carbonyl (C=O) groups is 3. The number of amides is 1. The van der Waals surface area contributed by atoms with Gasteiger partial charge < -0.3 is 9.84 Å². The minimum atomic E-state index is -2.04. The number of benzene rings is 2. The van der Waals surface area contributed by atoms with Crippen molar-refractivity contribution in [1.29, 1.82) is 0 Å². The summed E-state index contributed by atoms with van der Waals surface area (Å²) >= 11 is 0. The molecule has 6 nitrogen and oxygen atoms in total. The lowest BCUT2D eigenvalue weighted by atomic mass is 9.81. The molecule has 0 fully saturated rings. The van der Waals surface area contributed by atoms with Gasteiger partial charge in [-0.1, -0.05) is 51.1 Å². The van der Waals surface area contributed by atoms with E-state index in [1.54, 1.807) is 31.2 Å². The fourth-order valence-electron chi connectivity index (χ4n) is 4.33. The zero-order chi connectivity index (χ0) is 23.8. The number of ether oxygens (including phenoxy) is 1. The van der Waals surface area contributed by atoms with Crippen LogP contribution in [0.2, 0.25) is 0 Å². The lowest BCUT2D eigenvalue weighted by molar-refractivity contribution is -0.144. The second kappa shape index (κ2) is 8.51. The standard InChI is InChI=1S/C26H31NO5/c1-7-32-22(29)15-27-20-11-9-8-10-19(20)26(31,24(27)30)14-21(28)23-16(2)12-18(13-17(23)3)25(4,5)6/h8-13,31H,7,14-15H2,1-6H3. The lowest BCUT2D eigenvalue weighted by Crippen LogP contribution is -2.44. The fourth-order valence-corrected chi connectivity index (χ4v) is 4.33. The second-order valence-electron chi connectivity index (χ2n) is 9.41. The molecule has 0 saturated carbocycles. The van der Waals surface area contributed by atoms with Crippen LogP contribution in [-0.2, 0) is 25.3 Å². The Morgan fingerprint density at radius 2 is 1.69 bits per heavy atom. The van der Waals surface area contributed by atoms with Gasteiger partial charge in [0.1, 0.15) is 6.54 Å². The topological polar surface area (TPSA) is 83.9 Å². The number of para-hydroxylation sites is 1. The molecule has 2 aromatic carbocycles. The molecule has 0 aromatic heterocycles. The van der Waals surface area contributed by atoms with Crippen molar-refractivity contribution in [2.75, 3.05) is 18.1 Å². The van der Waals surface area contributed by atoms with Crippen LogP contribution in [0.4, 0.5) is 5.69 Å². The summed E-state index contributed by atoms with van der Waals surface area (Å²) in [5, 5.41) is 11.5. The number of anilines is 1. The highest BCUT2D eigenvalue weighted by Crippen LogP contribution is 2.43. The van der Waals surface area contributed by atoms with Gasteiger partial charge >= 0.3 is 5.97 Å². The summed E-state index contributed by atoms with van der Waals surface area (Å²) in [4.78, 5) is 39.9. The van der Waals surface area contributed by atoms with Crippen LogP contribution in [0.5, 0.6) is 0 Å². The number of hydrogen-bond acceptors (Lipinski definition) is 5. The van der Waals surface area contributed by atoms with Crippen molar-refractivity contribution >= 4 is 23.3 Å². The maximum atomic E-state index is 13.4. The minimum Gasteiger partial charge on any atom is -0.465 e. The van der Waals surface area contributed by atoms with Gasteiger partial charge in [0.25, 0.3) is 5.91 Å². The van der Waals surface area contributed by atoms with Gasteiger partial charge in [-0.15, -0.1) is 0 Å². The molecule has 6 heteroatoms. The SMILES string of the molecule is CCOC(=O)CN1C(=O)C(O)(CC(=O)c2c(C)cc(C(C)(C)C)cc2C)c2ccccc21. The Kier molecular flexibility index (Phi) is 6.29. The van der Waals surface area contributed by atoms with Crippen LogP contribution in [-0.4, -0.2) is 35.9 Å². The molecule has 1 heterocycles. The van der Waals surface area contributed by atoms with Crippen LogP contribution in [0.3, 0.4) is 0 Å². The maximum absolute atomic E-state index is 13.4. The molecule has 0 radical (unpaired) electrons. The Morgan fingerprint density at radius 3 is 2.25 bits per heavy atom. The minimum absolute atomic E-state index is 0.0662. The third-order valence-corrected chi connectivity index (χ3v) is 5.93. The zero-order valence-electron chi connectivity index (χ0n) is 19.6. The summed E-state index contributed by atoms with van der Waals surface area (Å²) in [5.41, 5.74) is 1.88. The first kappa shape index (κ1) is 23.7. The van der Waals surface area contributed by atoms with Gasteiger partial charge in [-0.25, -0.2) is 0 Å². The van der Waals surface area contributed by atoms with Gasteiger partial charge in [-0.3, -0.25) is 19.3 Å². The quantitative estimate of drug-likeness (QED) is 0.546. The maximum Gasteiger partial charge on any atom is 0.326 e. The summed E-state index contributed by atoms with van der Waals surface area (Å²) in [6.45, 7) is 11.6. The number of rotatable bonds is 6. The molecule has 0 saturated heterocycles. The fraction of sp³-hybridized carbons (Fsp3) is 0.423. The second-order valence-corrected chi connectivity index (χ2v) is 9.41. The van der Waals surface area contributed by atoms with Crippen molar-refractivity contribution in [2.24, 2.45) is 0 Å². The highest BCUT2D eigenvalue weighted by atomic mass is 16.5. The summed E-state index contributed by atoms with van der Waals surface area (Å²) in [7, 11) is 0. The van der Waals surface area contributed by atoms with Crippen LogP contribution in [0.15, 0.2) is 36.4 Å². The van der Waals surface area contributed by atoms with E-state index in [1.807, 2.05) is 26.0 Å². The number of carbonyl (C=O) groups excluding carboxylic acids is 3. The van der Waals surface area contributed by atoms with Crippen molar-refractivity contribution < 1.29 is 24.2 Å². The summed E-state index contributed by atoms with van der Waals surface area (Å²) in [5.74, 6) is -1.58. The first-order chi connectivity index (χ1) is 14.9. The molecule has 1 N–H and O–H groups in total. The molecule has 1 unspecified atom stereocenters. The van der Waals surface area contributed by atoms with Gasteiger partial charge in [0.15, 0.2) is 11.4 Å². The molecule has 1 amide bonds. The van der Waals surface area contributed by atoms with Crippen molar-refractivity contribution in [1.82, 2.24) is 0 Å². The molecule has 1 atom stereocenters. The van der Waals surface area contributed by atoms with E-state index in [9.17, 15) is 19.5 Å². The normalized spacial score (nSPS) is 18.0. The number of nitrogens with zero attached hydrogens (tertiary/aromatic N) is 1. The number of Topliss-reactive ketones (excluding diaryl/α,β-unsaturated/α-hetero) is 1. The van der Waals surface area contributed by atoms with E-state index in [1.165, 1.54) is 4.90 Å². The number of esters is 1. The average molecular weight is 438 g/mol. The van der Waals surface area contributed by atoms with Crippen LogP contribution < -0.4 is 4.90 Å². The Morgan fingerprint density at radius 1 is 1.09 bits per heavy atom. The van der Waals surface area contributed by atoms with E-state index < -0.39 is 23.9 Å². The molecule has 32 heavy (non-hydrogen) atoms. The molecule has 0 aliphatic carbocycles. The van der Waals surface area contributed by atoms with Gasteiger partial charge in [0.05, 0.1) is 18.7 Å². The van der Waals surface area contributed by atoms with Gasteiger partial charge in [-0.2, -0.15) is 0 Å². The molecule has 3 rings (SSSR count). The molecule has 0 bridgehead atoms. The van der Waals surface area contributed by atoms with Crippen molar-refractivity contribution in [3.05, 3.63) is 64.2 Å². The largest absolute Gasteiger partial charge is 0.465 e. The molecule has 1 aliphatic rings. The van der Waals surface area contributed by atoms with Crippen LogP contribution in [0.25, 0.3) is 0 Å². The van der Waals surface area contributed by atoms with Gasteiger partial charge in [0, 0.05) is 11.1 Å². The zero-order valence-corrected chi connectivity index (χ0v) is 19.6. The van der Waals surface area contributed by atoms with Crippen LogP contribution in [0, 0.1) is 13.8 Å². The third kappa shape index (κ3) is 4.19. The van der Waals surface area contributed by atoms with E-state index in [4.69, 9.17) is 4.74 Å². The Balaban J connectivity index is 1.97. The molecule has 1 aliphatic heterocycles. The number of aryl methyl sites for hydroxylation is 2. The number of aliphatic hydroxyl groups is 1. The predicted molar refractivity (Wildman–Crippen MR) is 123 cm³/mol. The smallest absolute Gasteiger partial charge is 0.326 e. The Labute approximate surface area is 189 Å². The average Bonchev–Trinajstić information content (AvgIpc) is 2.89. The first-order valence-electron chi connectivity index (χ1n) is 10.8. The van der Waals surface area contributed by atoms with E-state index in [0.717, 1.165) is 16.7 Å². The van der Waals surface area contributed by atoms with E-state index in [-0.39, 0.29) is 24.3 Å². The highest BCUT2D eigenvalue weighted by molar-refractivity contribution is 6.12. The Bertz CT molecular complexity index is 1060. The molecular weight excluding hydrogens is 406 g/mol. The van der Waals surface area contributed by atoms with Crippen molar-refractivity contribution in [2.45, 2.75) is 59.0 Å². The van der Waals surface area contributed by atoms with Crippen molar-refractivity contribution in [3.8, 4) is 0 Å². The predicted octanol–water partition coefficient (Wildman–Crippen LogP) is 3.97. The van der Waals surface area contributed by atoms with Gasteiger partial charge in [0.2, 0.25) is 0 Å². The Hall–Kier alpha value is -2.99.